The van der Waals surface area contributed by atoms with Gasteiger partial charge in [-0.1, -0.05) is 23.9 Å². The predicted molar refractivity (Wildman–Crippen MR) is 76.9 cm³/mol. The predicted octanol–water partition coefficient (Wildman–Crippen LogP) is 1.18. The number of hydrogen-bond donors (Lipinski definition) is 1. The molecule has 0 saturated carbocycles. The number of fused-ring (bicyclic) bond motifs is 1. The van der Waals surface area contributed by atoms with Crippen molar-refractivity contribution in [2.24, 2.45) is 0 Å². The smallest absolute Gasteiger partial charge is 0.313 e. The molecule has 0 unspecified atom stereocenters. The molecule has 6 nitrogen and oxygen atoms in total. The number of rotatable bonds is 4. The molecule has 1 aromatic carbocycles. The molecule has 0 aliphatic carbocycles. The third kappa shape index (κ3) is 2.59. The van der Waals surface area contributed by atoms with Gasteiger partial charge < -0.3 is 14.9 Å². The summed E-state index contributed by atoms with van der Waals surface area (Å²) in [6.45, 7) is 2.91. The topological polar surface area (TPSA) is 67.6 Å². The molecule has 1 saturated heterocycles. The molecular weight excluding hydrogens is 278 g/mol. The van der Waals surface area contributed by atoms with E-state index in [1.165, 1.54) is 11.8 Å². The number of carboxylic acid groups (broad SMARTS) is 1. The van der Waals surface area contributed by atoms with Crippen molar-refractivity contribution in [1.29, 1.82) is 0 Å². The third-order valence-corrected chi connectivity index (χ3v) is 4.02. The van der Waals surface area contributed by atoms with E-state index >= 15 is 0 Å². The highest BCUT2D eigenvalue weighted by Gasteiger charge is 2.19. The average molecular weight is 293 g/mol. The van der Waals surface area contributed by atoms with Crippen LogP contribution < -0.4 is 5.01 Å². The Bertz CT molecular complexity index is 622. The van der Waals surface area contributed by atoms with Gasteiger partial charge in [-0.3, -0.25) is 4.79 Å². The summed E-state index contributed by atoms with van der Waals surface area (Å²) in [7, 11) is 0. The van der Waals surface area contributed by atoms with Gasteiger partial charge in [-0.05, 0) is 12.1 Å². The summed E-state index contributed by atoms with van der Waals surface area (Å²) >= 11 is 1.24. The number of aromatic nitrogens is 2. The molecule has 0 atom stereocenters. The lowest BCUT2D eigenvalue weighted by Gasteiger charge is -2.31. The molecule has 20 heavy (non-hydrogen) atoms. The fraction of sp³-hybridized carbons (Fsp3) is 0.385. The first-order valence-corrected chi connectivity index (χ1v) is 7.39. The van der Waals surface area contributed by atoms with Crippen LogP contribution in [0.25, 0.3) is 11.0 Å². The van der Waals surface area contributed by atoms with Gasteiger partial charge in [-0.2, -0.15) is 0 Å². The lowest BCUT2D eigenvalue weighted by molar-refractivity contribution is -0.133. The van der Waals surface area contributed by atoms with Crippen molar-refractivity contribution in [3.63, 3.8) is 0 Å². The minimum absolute atomic E-state index is 0.00760. The summed E-state index contributed by atoms with van der Waals surface area (Å²) < 4.78 is 7.39. The van der Waals surface area contributed by atoms with Gasteiger partial charge >= 0.3 is 5.97 Å². The highest BCUT2D eigenvalue weighted by Crippen LogP contribution is 2.24. The Labute approximate surface area is 120 Å². The molecule has 106 valence electrons. The highest BCUT2D eigenvalue weighted by molar-refractivity contribution is 7.99. The molecule has 2 heterocycles. The van der Waals surface area contributed by atoms with E-state index in [9.17, 15) is 4.79 Å². The number of nitrogens with zero attached hydrogens (tertiary/aromatic N) is 3. The van der Waals surface area contributed by atoms with Crippen LogP contribution in [0.5, 0.6) is 0 Å². The van der Waals surface area contributed by atoms with Crippen LogP contribution in [-0.4, -0.2) is 52.8 Å². The van der Waals surface area contributed by atoms with Crippen LogP contribution >= 0.6 is 11.8 Å². The highest BCUT2D eigenvalue weighted by atomic mass is 32.2. The number of morpholine rings is 1. The standard InChI is InChI=1S/C13H15N3O3S/c17-12(18)9-20-13-14-10-3-1-2-4-11(10)16(13)15-5-7-19-8-6-15/h1-4H,5-9H2,(H,17,18). The van der Waals surface area contributed by atoms with Crippen molar-refractivity contribution in [3.8, 4) is 0 Å². The Morgan fingerprint density at radius 2 is 2.10 bits per heavy atom. The minimum Gasteiger partial charge on any atom is -0.481 e. The zero-order chi connectivity index (χ0) is 13.9. The normalized spacial score (nSPS) is 15.7. The SMILES string of the molecule is O=C(O)CSc1nc2ccccc2n1N1CCOCC1. The number of imidazole rings is 1. The van der Waals surface area contributed by atoms with E-state index in [4.69, 9.17) is 9.84 Å². The quantitative estimate of drug-likeness (QED) is 0.854. The molecular formula is C13H15N3O3S. The summed E-state index contributed by atoms with van der Waals surface area (Å²) in [5.41, 5.74) is 1.88. The van der Waals surface area contributed by atoms with Crippen molar-refractivity contribution in [1.82, 2.24) is 9.66 Å². The minimum atomic E-state index is -0.837. The van der Waals surface area contributed by atoms with Gasteiger partial charge in [-0.25, -0.2) is 9.66 Å². The second-order valence-electron chi connectivity index (χ2n) is 4.44. The third-order valence-electron chi connectivity index (χ3n) is 3.10. The van der Waals surface area contributed by atoms with Crippen LogP contribution in [0.1, 0.15) is 0 Å². The number of thioether (sulfide) groups is 1. The first kappa shape index (κ1) is 13.3. The van der Waals surface area contributed by atoms with Crippen LogP contribution in [0.4, 0.5) is 0 Å². The van der Waals surface area contributed by atoms with Crippen molar-refractivity contribution in [2.75, 3.05) is 37.1 Å². The number of para-hydroxylation sites is 2. The number of hydrogen-bond acceptors (Lipinski definition) is 5. The van der Waals surface area contributed by atoms with E-state index in [2.05, 4.69) is 9.99 Å². The molecule has 0 spiro atoms. The second-order valence-corrected chi connectivity index (χ2v) is 5.39. The maximum Gasteiger partial charge on any atom is 0.313 e. The summed E-state index contributed by atoms with van der Waals surface area (Å²) in [6, 6.07) is 7.84. The molecule has 0 bridgehead atoms. The van der Waals surface area contributed by atoms with Crippen molar-refractivity contribution in [2.45, 2.75) is 5.16 Å². The molecule has 2 aromatic rings. The van der Waals surface area contributed by atoms with E-state index in [1.807, 2.05) is 28.9 Å². The van der Waals surface area contributed by atoms with Gasteiger partial charge in [0.2, 0.25) is 0 Å². The van der Waals surface area contributed by atoms with Crippen LogP contribution in [-0.2, 0) is 9.53 Å². The number of benzene rings is 1. The van der Waals surface area contributed by atoms with Crippen molar-refractivity contribution < 1.29 is 14.6 Å². The number of carboxylic acids is 1. The van der Waals surface area contributed by atoms with Crippen LogP contribution in [0.3, 0.4) is 0 Å². The van der Waals surface area contributed by atoms with Gasteiger partial charge in [-0.15, -0.1) is 0 Å². The first-order valence-electron chi connectivity index (χ1n) is 6.41. The van der Waals surface area contributed by atoms with Gasteiger partial charge in [0.05, 0.1) is 43.1 Å². The van der Waals surface area contributed by atoms with E-state index in [-0.39, 0.29) is 5.75 Å². The molecule has 7 heteroatoms. The monoisotopic (exact) mass is 293 g/mol. The molecule has 1 fully saturated rings. The fourth-order valence-corrected chi connectivity index (χ4v) is 2.99. The Kier molecular flexibility index (Phi) is 3.79. The van der Waals surface area contributed by atoms with E-state index in [1.54, 1.807) is 0 Å². The Balaban J connectivity index is 2.00. The maximum absolute atomic E-state index is 10.8. The number of ether oxygens (including phenoxy) is 1. The van der Waals surface area contributed by atoms with Crippen molar-refractivity contribution >= 4 is 28.8 Å². The zero-order valence-corrected chi connectivity index (χ0v) is 11.7. The number of carbonyl (C=O) groups is 1. The maximum atomic E-state index is 10.8. The molecule has 1 N–H and O–H groups in total. The molecule has 0 radical (unpaired) electrons. The van der Waals surface area contributed by atoms with Gasteiger partial charge in [0.15, 0.2) is 5.16 Å². The van der Waals surface area contributed by atoms with E-state index in [0.717, 1.165) is 29.3 Å². The summed E-state index contributed by atoms with van der Waals surface area (Å²) in [6.07, 6.45) is 0. The van der Waals surface area contributed by atoms with Gasteiger partial charge in [0, 0.05) is 0 Å². The summed E-state index contributed by atoms with van der Waals surface area (Å²) in [4.78, 5) is 15.3. The first-order chi connectivity index (χ1) is 9.75. The zero-order valence-electron chi connectivity index (χ0n) is 10.9. The van der Waals surface area contributed by atoms with Crippen LogP contribution in [0, 0.1) is 0 Å². The van der Waals surface area contributed by atoms with E-state index < -0.39 is 5.97 Å². The summed E-state index contributed by atoms with van der Waals surface area (Å²) in [5, 5.41) is 11.7. The molecule has 3 rings (SSSR count). The Morgan fingerprint density at radius 1 is 1.35 bits per heavy atom. The summed E-state index contributed by atoms with van der Waals surface area (Å²) in [5.74, 6) is -0.830. The fourth-order valence-electron chi connectivity index (χ4n) is 2.24. The van der Waals surface area contributed by atoms with Crippen molar-refractivity contribution in [3.05, 3.63) is 24.3 Å². The molecule has 1 aliphatic rings. The number of aliphatic carboxylic acids is 1. The van der Waals surface area contributed by atoms with Gasteiger partial charge in [0.1, 0.15) is 0 Å². The second kappa shape index (κ2) is 5.72. The molecule has 0 amide bonds. The molecule has 1 aliphatic heterocycles. The molecule has 1 aromatic heterocycles. The van der Waals surface area contributed by atoms with Crippen LogP contribution in [0.15, 0.2) is 29.4 Å². The lowest BCUT2D eigenvalue weighted by atomic mass is 10.3. The van der Waals surface area contributed by atoms with Crippen LogP contribution in [0.2, 0.25) is 0 Å². The average Bonchev–Trinajstić information content (AvgIpc) is 2.84. The largest absolute Gasteiger partial charge is 0.481 e. The Morgan fingerprint density at radius 3 is 2.85 bits per heavy atom. The van der Waals surface area contributed by atoms with Gasteiger partial charge in [0.25, 0.3) is 0 Å². The lowest BCUT2D eigenvalue weighted by Crippen LogP contribution is -2.44. The Hall–Kier alpha value is -1.73. The van der Waals surface area contributed by atoms with E-state index in [0.29, 0.717) is 13.2 Å².